The summed E-state index contributed by atoms with van der Waals surface area (Å²) in [6, 6.07) is 3.64. The molecule has 0 atom stereocenters. The normalized spacial score (nSPS) is 15.8. The van der Waals surface area contributed by atoms with E-state index in [-0.39, 0.29) is 12.3 Å². The van der Waals surface area contributed by atoms with Crippen LogP contribution >= 0.6 is 24.0 Å². The lowest BCUT2D eigenvalue weighted by molar-refractivity contribution is -0.137. The fraction of sp³-hybridized carbons (Fsp3) is 0.353. The molecular weight excluding hydrogens is 362 g/mol. The van der Waals surface area contributed by atoms with Gasteiger partial charge in [0, 0.05) is 24.1 Å². The maximum Gasteiger partial charge on any atom is 0.303 e. The first-order valence-corrected chi connectivity index (χ1v) is 8.80. The van der Waals surface area contributed by atoms with E-state index in [1.165, 1.54) is 16.7 Å². The minimum Gasteiger partial charge on any atom is -0.496 e. The summed E-state index contributed by atoms with van der Waals surface area (Å²) in [5.41, 5.74) is 1.60. The topological polar surface area (TPSA) is 76.1 Å². The molecule has 2 rings (SSSR count). The van der Waals surface area contributed by atoms with Crippen molar-refractivity contribution in [1.29, 1.82) is 0 Å². The van der Waals surface area contributed by atoms with Gasteiger partial charge in [0.2, 0.25) is 0 Å². The minimum atomic E-state index is -0.889. The number of rotatable bonds is 7. The first-order valence-electron chi connectivity index (χ1n) is 7.57. The molecule has 1 aliphatic heterocycles. The number of carboxylic acids is 1. The predicted molar refractivity (Wildman–Crippen MR) is 101 cm³/mol. The summed E-state index contributed by atoms with van der Waals surface area (Å²) in [5.74, 6) is 0.237. The number of carboxylic acid groups (broad SMARTS) is 1. The van der Waals surface area contributed by atoms with Crippen LogP contribution in [0.15, 0.2) is 17.0 Å². The second kappa shape index (κ2) is 8.35. The van der Waals surface area contributed by atoms with Crippen LogP contribution in [0.1, 0.15) is 24.0 Å². The predicted octanol–water partition coefficient (Wildman–Crippen LogP) is 3.08. The highest BCUT2D eigenvalue weighted by molar-refractivity contribution is 8.26. The van der Waals surface area contributed by atoms with Crippen LogP contribution in [0, 0.1) is 6.92 Å². The van der Waals surface area contributed by atoms with Crippen molar-refractivity contribution in [3.63, 3.8) is 0 Å². The Morgan fingerprint density at radius 1 is 1.36 bits per heavy atom. The van der Waals surface area contributed by atoms with Crippen LogP contribution in [0.4, 0.5) is 0 Å². The van der Waals surface area contributed by atoms with E-state index in [0.29, 0.717) is 33.7 Å². The van der Waals surface area contributed by atoms with Crippen LogP contribution in [0.25, 0.3) is 6.08 Å². The number of carbonyl (C=O) groups excluding carboxylic acids is 1. The van der Waals surface area contributed by atoms with Crippen molar-refractivity contribution in [2.24, 2.45) is 0 Å². The van der Waals surface area contributed by atoms with Crippen LogP contribution in [-0.2, 0) is 9.59 Å². The molecule has 25 heavy (non-hydrogen) atoms. The molecule has 1 saturated heterocycles. The number of hydrogen-bond acceptors (Lipinski definition) is 6. The number of aliphatic carboxylic acids is 1. The number of hydrogen-bond donors (Lipinski definition) is 1. The molecule has 0 bridgehead atoms. The van der Waals surface area contributed by atoms with Gasteiger partial charge in [0.1, 0.15) is 15.8 Å². The highest BCUT2D eigenvalue weighted by Gasteiger charge is 2.32. The Balaban J connectivity index is 2.24. The lowest BCUT2D eigenvalue weighted by Crippen LogP contribution is -2.29. The van der Waals surface area contributed by atoms with E-state index in [9.17, 15) is 9.59 Å². The monoisotopic (exact) mass is 381 g/mol. The third-order valence-electron chi connectivity index (χ3n) is 3.74. The molecule has 0 aromatic heterocycles. The Hall–Kier alpha value is -2.06. The van der Waals surface area contributed by atoms with Gasteiger partial charge in [-0.3, -0.25) is 14.5 Å². The second-order valence-corrected chi connectivity index (χ2v) is 7.02. The van der Waals surface area contributed by atoms with Crippen LogP contribution < -0.4 is 9.47 Å². The van der Waals surface area contributed by atoms with Gasteiger partial charge >= 0.3 is 5.97 Å². The van der Waals surface area contributed by atoms with Crippen molar-refractivity contribution in [2.45, 2.75) is 19.8 Å². The fourth-order valence-corrected chi connectivity index (χ4v) is 3.82. The van der Waals surface area contributed by atoms with E-state index in [4.69, 9.17) is 26.8 Å². The zero-order chi connectivity index (χ0) is 18.6. The Kier molecular flexibility index (Phi) is 6.44. The molecule has 6 nitrogen and oxygen atoms in total. The molecule has 1 fully saturated rings. The summed E-state index contributed by atoms with van der Waals surface area (Å²) in [5, 5.41) is 8.72. The first kappa shape index (κ1) is 19.3. The van der Waals surface area contributed by atoms with Gasteiger partial charge in [0.15, 0.2) is 0 Å². The summed E-state index contributed by atoms with van der Waals surface area (Å²) >= 11 is 6.45. The van der Waals surface area contributed by atoms with Crippen LogP contribution in [-0.4, -0.2) is 47.0 Å². The standard InChI is InChI=1S/C17H19NO5S2/c1-10-12(22-2)7-6-11(15(10)23-3)9-13-16(21)18(17(24)25-13)8-4-5-14(19)20/h6-7,9H,4-5,8H2,1-3H3,(H,19,20). The molecule has 1 amide bonds. The van der Waals surface area contributed by atoms with Gasteiger partial charge in [-0.15, -0.1) is 0 Å². The molecule has 8 heteroatoms. The number of thioether (sulfide) groups is 1. The number of ether oxygens (including phenoxy) is 2. The summed E-state index contributed by atoms with van der Waals surface area (Å²) in [6.45, 7) is 2.18. The molecule has 0 radical (unpaired) electrons. The largest absolute Gasteiger partial charge is 0.496 e. The first-order chi connectivity index (χ1) is 11.9. The Labute approximate surface area is 155 Å². The van der Waals surface area contributed by atoms with Gasteiger partial charge in [-0.05, 0) is 31.6 Å². The summed E-state index contributed by atoms with van der Waals surface area (Å²) in [6.07, 6.45) is 2.10. The summed E-state index contributed by atoms with van der Waals surface area (Å²) in [4.78, 5) is 25.1. The van der Waals surface area contributed by atoms with Gasteiger partial charge in [0.25, 0.3) is 5.91 Å². The van der Waals surface area contributed by atoms with E-state index in [2.05, 4.69) is 0 Å². The highest BCUT2D eigenvalue weighted by atomic mass is 32.2. The molecule has 0 unspecified atom stereocenters. The SMILES string of the molecule is COc1ccc(C=C2SC(=S)N(CCCC(=O)O)C2=O)c(OC)c1C. The minimum absolute atomic E-state index is 0.00159. The Morgan fingerprint density at radius 2 is 2.08 bits per heavy atom. The highest BCUT2D eigenvalue weighted by Crippen LogP contribution is 2.37. The molecule has 0 spiro atoms. The number of amides is 1. The molecular formula is C17H19NO5S2. The average Bonchev–Trinajstić information content (AvgIpc) is 2.82. The summed E-state index contributed by atoms with van der Waals surface area (Å²) < 4.78 is 11.2. The smallest absolute Gasteiger partial charge is 0.303 e. The lowest BCUT2D eigenvalue weighted by atomic mass is 10.1. The van der Waals surface area contributed by atoms with E-state index in [0.717, 1.165) is 11.1 Å². The van der Waals surface area contributed by atoms with Crippen LogP contribution in [0.3, 0.4) is 0 Å². The van der Waals surface area contributed by atoms with Gasteiger partial charge in [-0.1, -0.05) is 24.0 Å². The number of nitrogens with zero attached hydrogens (tertiary/aromatic N) is 1. The summed E-state index contributed by atoms with van der Waals surface area (Å²) in [7, 11) is 3.15. The molecule has 1 heterocycles. The lowest BCUT2D eigenvalue weighted by Gasteiger charge is -2.14. The number of thiocarbonyl (C=S) groups is 1. The van der Waals surface area contributed by atoms with Crippen LogP contribution in [0.2, 0.25) is 0 Å². The molecule has 0 saturated carbocycles. The maximum absolute atomic E-state index is 12.5. The Bertz CT molecular complexity index is 745. The third-order valence-corrected chi connectivity index (χ3v) is 5.12. The number of methoxy groups -OCH3 is 2. The second-order valence-electron chi connectivity index (χ2n) is 5.35. The molecule has 1 aromatic carbocycles. The number of carbonyl (C=O) groups is 2. The van der Waals surface area contributed by atoms with E-state index >= 15 is 0 Å². The number of benzene rings is 1. The van der Waals surface area contributed by atoms with E-state index < -0.39 is 5.97 Å². The average molecular weight is 381 g/mol. The molecule has 1 aromatic rings. The molecule has 1 N–H and O–H groups in total. The van der Waals surface area contributed by atoms with Gasteiger partial charge in [-0.25, -0.2) is 0 Å². The van der Waals surface area contributed by atoms with Gasteiger partial charge in [0.05, 0.1) is 19.1 Å². The molecule has 134 valence electrons. The quantitative estimate of drug-likeness (QED) is 0.574. The van der Waals surface area contributed by atoms with Gasteiger partial charge in [-0.2, -0.15) is 0 Å². The van der Waals surface area contributed by atoms with Crippen molar-refractivity contribution >= 4 is 46.3 Å². The molecule has 1 aliphatic rings. The van der Waals surface area contributed by atoms with Gasteiger partial charge < -0.3 is 14.6 Å². The Morgan fingerprint density at radius 3 is 2.68 bits per heavy atom. The van der Waals surface area contributed by atoms with E-state index in [1.54, 1.807) is 20.3 Å². The maximum atomic E-state index is 12.5. The van der Waals surface area contributed by atoms with E-state index in [1.807, 2.05) is 19.1 Å². The fourth-order valence-electron chi connectivity index (χ4n) is 2.52. The van der Waals surface area contributed by atoms with Crippen molar-refractivity contribution in [3.05, 3.63) is 28.2 Å². The zero-order valence-electron chi connectivity index (χ0n) is 14.2. The third kappa shape index (κ3) is 4.32. The van der Waals surface area contributed by atoms with Crippen molar-refractivity contribution in [3.8, 4) is 11.5 Å². The van der Waals surface area contributed by atoms with Crippen molar-refractivity contribution < 1.29 is 24.2 Å². The van der Waals surface area contributed by atoms with Crippen molar-refractivity contribution in [1.82, 2.24) is 4.90 Å². The van der Waals surface area contributed by atoms with Crippen LogP contribution in [0.5, 0.6) is 11.5 Å². The molecule has 0 aliphatic carbocycles. The van der Waals surface area contributed by atoms with Crippen molar-refractivity contribution in [2.75, 3.05) is 20.8 Å². The zero-order valence-corrected chi connectivity index (χ0v) is 15.8.